The molecule has 1 aromatic rings. The predicted octanol–water partition coefficient (Wildman–Crippen LogP) is 2.70. The molecule has 4 nitrogen and oxygen atoms in total. The van der Waals surface area contributed by atoms with E-state index in [0.717, 1.165) is 11.3 Å². The van der Waals surface area contributed by atoms with E-state index in [-0.39, 0.29) is 12.4 Å². The van der Waals surface area contributed by atoms with E-state index in [2.05, 4.69) is 12.6 Å². The number of rotatable bonds is 7. The summed E-state index contributed by atoms with van der Waals surface area (Å²) in [5.41, 5.74) is 0.847. The highest BCUT2D eigenvalue weighted by Crippen LogP contribution is 2.12. The molecule has 1 unspecified atom stereocenters. The molecule has 0 aliphatic heterocycles. The summed E-state index contributed by atoms with van der Waals surface area (Å²) < 4.78 is 10.00. The van der Waals surface area contributed by atoms with Crippen LogP contribution in [0.5, 0.6) is 5.75 Å². The first kappa shape index (κ1) is 17.0. The molecule has 0 N–H and O–H groups in total. The number of allylic oxidation sites excluding steroid dienone is 2. The molecule has 1 aromatic carbocycles. The van der Waals surface area contributed by atoms with Gasteiger partial charge in [-0.25, -0.2) is 4.79 Å². The quantitative estimate of drug-likeness (QED) is 0.478. The van der Waals surface area contributed by atoms with Gasteiger partial charge in [-0.1, -0.05) is 18.2 Å². The fourth-order valence-corrected chi connectivity index (χ4v) is 1.61. The van der Waals surface area contributed by atoms with Crippen LogP contribution in [0.2, 0.25) is 0 Å². The second kappa shape index (κ2) is 9.02. The molecule has 0 aliphatic carbocycles. The summed E-state index contributed by atoms with van der Waals surface area (Å²) in [6.07, 6.45) is 5.96. The summed E-state index contributed by atoms with van der Waals surface area (Å²) in [7, 11) is 1.59. The van der Waals surface area contributed by atoms with Crippen molar-refractivity contribution in [3.8, 4) is 5.75 Å². The second-order valence-electron chi connectivity index (χ2n) is 4.15. The van der Waals surface area contributed by atoms with Gasteiger partial charge in [-0.2, -0.15) is 12.6 Å². The zero-order valence-corrected chi connectivity index (χ0v) is 12.9. The van der Waals surface area contributed by atoms with Crippen LogP contribution < -0.4 is 4.74 Å². The van der Waals surface area contributed by atoms with Crippen molar-refractivity contribution in [2.45, 2.75) is 12.2 Å². The van der Waals surface area contributed by atoms with Crippen LogP contribution in [0.3, 0.4) is 0 Å². The second-order valence-corrected chi connectivity index (χ2v) is 4.78. The Labute approximate surface area is 129 Å². The molecule has 1 atom stereocenters. The monoisotopic (exact) mass is 306 g/mol. The highest BCUT2D eigenvalue weighted by atomic mass is 32.1. The number of esters is 1. The van der Waals surface area contributed by atoms with E-state index in [1.54, 1.807) is 38.3 Å². The first-order valence-corrected chi connectivity index (χ1v) is 6.92. The van der Waals surface area contributed by atoms with Crippen LogP contribution in [0.15, 0.2) is 42.5 Å². The van der Waals surface area contributed by atoms with Crippen molar-refractivity contribution in [1.29, 1.82) is 0 Å². The van der Waals surface area contributed by atoms with Crippen molar-refractivity contribution in [3.05, 3.63) is 48.1 Å². The third kappa shape index (κ3) is 6.31. The number of thiol groups is 1. The topological polar surface area (TPSA) is 52.6 Å². The van der Waals surface area contributed by atoms with Gasteiger partial charge in [0.25, 0.3) is 0 Å². The molecule has 112 valence electrons. The Morgan fingerprint density at radius 2 is 1.90 bits per heavy atom. The van der Waals surface area contributed by atoms with Crippen LogP contribution in [0.25, 0.3) is 6.08 Å². The van der Waals surface area contributed by atoms with Gasteiger partial charge in [-0.05, 0) is 36.8 Å². The van der Waals surface area contributed by atoms with Crippen LogP contribution in [0.4, 0.5) is 0 Å². The van der Waals surface area contributed by atoms with E-state index in [0.29, 0.717) is 0 Å². The van der Waals surface area contributed by atoms with Crippen molar-refractivity contribution >= 4 is 30.5 Å². The standard InChI is InChI=1S/C16H18O4S/c1-3-4-14(17)15(21)11-20-16(18)10-7-12-5-8-13(19-2)9-6-12/h3-10,15,21H,11H2,1-2H3. The Morgan fingerprint density at radius 3 is 2.48 bits per heavy atom. The lowest BCUT2D eigenvalue weighted by atomic mass is 10.2. The summed E-state index contributed by atoms with van der Waals surface area (Å²) in [5, 5.41) is -0.639. The molecule has 0 amide bonds. The number of benzene rings is 1. The number of ether oxygens (including phenoxy) is 2. The number of ketones is 1. The van der Waals surface area contributed by atoms with Gasteiger partial charge in [0.15, 0.2) is 5.78 Å². The lowest BCUT2D eigenvalue weighted by Gasteiger charge is -2.06. The third-order valence-electron chi connectivity index (χ3n) is 2.57. The third-order valence-corrected chi connectivity index (χ3v) is 2.97. The highest BCUT2D eigenvalue weighted by Gasteiger charge is 2.12. The lowest BCUT2D eigenvalue weighted by molar-refractivity contribution is -0.138. The molecule has 0 aliphatic rings. The van der Waals surface area contributed by atoms with E-state index >= 15 is 0 Å². The van der Waals surface area contributed by atoms with Crippen molar-refractivity contribution in [2.24, 2.45) is 0 Å². The summed E-state index contributed by atoms with van der Waals surface area (Å²) in [5.74, 6) is 0.0426. The van der Waals surface area contributed by atoms with Crippen molar-refractivity contribution < 1.29 is 19.1 Å². The minimum absolute atomic E-state index is 0.0575. The molecule has 0 fully saturated rings. The summed E-state index contributed by atoms with van der Waals surface area (Å²) in [6, 6.07) is 7.23. The normalized spacial score (nSPS) is 12.5. The Morgan fingerprint density at radius 1 is 1.24 bits per heavy atom. The average Bonchev–Trinajstić information content (AvgIpc) is 2.51. The van der Waals surface area contributed by atoms with E-state index in [4.69, 9.17) is 9.47 Å². The zero-order chi connectivity index (χ0) is 15.7. The van der Waals surface area contributed by atoms with Crippen molar-refractivity contribution in [1.82, 2.24) is 0 Å². The van der Waals surface area contributed by atoms with Gasteiger partial charge in [-0.3, -0.25) is 4.79 Å². The van der Waals surface area contributed by atoms with Crippen molar-refractivity contribution in [2.75, 3.05) is 13.7 Å². The van der Waals surface area contributed by atoms with E-state index in [9.17, 15) is 9.59 Å². The number of carbonyl (C=O) groups excluding carboxylic acids is 2. The van der Waals surface area contributed by atoms with E-state index in [1.807, 2.05) is 12.1 Å². The van der Waals surface area contributed by atoms with Crippen LogP contribution >= 0.6 is 12.6 Å². The molecule has 0 bridgehead atoms. The minimum Gasteiger partial charge on any atom is -0.497 e. The van der Waals surface area contributed by atoms with Gasteiger partial charge in [0.05, 0.1) is 12.4 Å². The van der Waals surface area contributed by atoms with Crippen LogP contribution in [-0.2, 0) is 14.3 Å². The molecule has 0 aromatic heterocycles. The molecule has 21 heavy (non-hydrogen) atoms. The smallest absolute Gasteiger partial charge is 0.330 e. The lowest BCUT2D eigenvalue weighted by Crippen LogP contribution is -2.20. The molecule has 0 saturated carbocycles. The molecular formula is C16H18O4S. The number of hydrogen-bond acceptors (Lipinski definition) is 5. The van der Waals surface area contributed by atoms with Gasteiger partial charge >= 0.3 is 5.97 Å². The first-order chi connectivity index (χ1) is 10.1. The summed E-state index contributed by atoms with van der Waals surface area (Å²) in [4.78, 5) is 22.9. The maximum Gasteiger partial charge on any atom is 0.330 e. The zero-order valence-electron chi connectivity index (χ0n) is 12.0. The van der Waals surface area contributed by atoms with Crippen LogP contribution in [0.1, 0.15) is 12.5 Å². The molecule has 0 saturated heterocycles. The molecule has 0 spiro atoms. The number of methoxy groups -OCH3 is 1. The van der Waals surface area contributed by atoms with E-state index in [1.165, 1.54) is 12.2 Å². The van der Waals surface area contributed by atoms with Crippen molar-refractivity contribution in [3.63, 3.8) is 0 Å². The molecule has 0 heterocycles. The Kier molecular flexibility index (Phi) is 7.32. The highest BCUT2D eigenvalue weighted by molar-refractivity contribution is 7.81. The Balaban J connectivity index is 2.45. The SMILES string of the molecule is CC=CC(=O)C(S)COC(=O)C=Cc1ccc(OC)cc1. The fraction of sp³-hybridized carbons (Fsp3) is 0.250. The largest absolute Gasteiger partial charge is 0.497 e. The van der Waals surface area contributed by atoms with Gasteiger partial charge in [0.1, 0.15) is 12.4 Å². The van der Waals surface area contributed by atoms with Crippen LogP contribution in [-0.4, -0.2) is 30.7 Å². The minimum atomic E-state index is -0.639. The maximum atomic E-state index is 11.5. The predicted molar refractivity (Wildman–Crippen MR) is 85.6 cm³/mol. The van der Waals surface area contributed by atoms with Crippen LogP contribution in [0, 0.1) is 0 Å². The first-order valence-electron chi connectivity index (χ1n) is 6.40. The average molecular weight is 306 g/mol. The molecule has 1 rings (SSSR count). The maximum absolute atomic E-state index is 11.5. The fourth-order valence-electron chi connectivity index (χ4n) is 1.45. The number of hydrogen-bond donors (Lipinski definition) is 1. The summed E-state index contributed by atoms with van der Waals surface area (Å²) in [6.45, 7) is 1.68. The van der Waals surface area contributed by atoms with Gasteiger partial charge < -0.3 is 9.47 Å². The Hall–Kier alpha value is -2.01. The van der Waals surface area contributed by atoms with E-state index < -0.39 is 11.2 Å². The van der Waals surface area contributed by atoms with Gasteiger partial charge in [0.2, 0.25) is 0 Å². The molecular weight excluding hydrogens is 288 g/mol. The summed E-state index contributed by atoms with van der Waals surface area (Å²) >= 11 is 4.08. The Bertz CT molecular complexity index is 532. The van der Waals surface area contributed by atoms with Gasteiger partial charge in [0, 0.05) is 6.08 Å². The molecule has 5 heteroatoms. The van der Waals surface area contributed by atoms with Gasteiger partial charge in [-0.15, -0.1) is 0 Å². The molecule has 0 radical (unpaired) electrons. The number of carbonyl (C=O) groups is 2.